The second-order valence-electron chi connectivity index (χ2n) is 6.97. The molecule has 0 unspecified atom stereocenters. The van der Waals surface area contributed by atoms with Crippen molar-refractivity contribution in [3.63, 3.8) is 0 Å². The Morgan fingerprint density at radius 1 is 0.828 bits per heavy atom. The molecule has 0 saturated carbocycles. The Morgan fingerprint density at radius 2 is 1.59 bits per heavy atom. The second-order valence-corrected chi connectivity index (χ2v) is 7.81. The van der Waals surface area contributed by atoms with Gasteiger partial charge in [-0.25, -0.2) is 0 Å². The molecule has 0 amide bonds. The van der Waals surface area contributed by atoms with Crippen molar-refractivity contribution in [2.75, 3.05) is 5.32 Å². The number of hydrogen-bond donors (Lipinski definition) is 1. The van der Waals surface area contributed by atoms with Crippen molar-refractivity contribution >= 4 is 39.7 Å². The topological polar surface area (TPSA) is 21.3 Å². The van der Waals surface area contributed by atoms with E-state index in [9.17, 15) is 0 Å². The number of hydrogen-bond acceptors (Lipinski definition) is 2. The maximum Gasteiger partial charge on any atom is 0.143 e. The van der Waals surface area contributed by atoms with E-state index in [1.807, 2.05) is 36.4 Å². The summed E-state index contributed by atoms with van der Waals surface area (Å²) in [5.41, 5.74) is 4.29. The van der Waals surface area contributed by atoms with E-state index in [2.05, 4.69) is 48.6 Å². The molecule has 0 aliphatic carbocycles. The quantitative estimate of drug-likeness (QED) is 0.345. The SMILES string of the molecule is Cc1ccccc1NCc1cc(Cl)cc(Cl)c1OCc1cccc2ccccc12. The van der Waals surface area contributed by atoms with Gasteiger partial charge < -0.3 is 10.1 Å². The van der Waals surface area contributed by atoms with Gasteiger partial charge in [0.1, 0.15) is 12.4 Å². The molecule has 146 valence electrons. The minimum atomic E-state index is 0.431. The van der Waals surface area contributed by atoms with Crippen LogP contribution in [0.4, 0.5) is 5.69 Å². The summed E-state index contributed by atoms with van der Waals surface area (Å²) >= 11 is 12.8. The van der Waals surface area contributed by atoms with E-state index in [4.69, 9.17) is 27.9 Å². The highest BCUT2D eigenvalue weighted by Crippen LogP contribution is 2.34. The van der Waals surface area contributed by atoms with Crippen LogP contribution in [0, 0.1) is 6.92 Å². The van der Waals surface area contributed by atoms with Crippen LogP contribution in [-0.2, 0) is 13.2 Å². The Hall–Kier alpha value is -2.68. The van der Waals surface area contributed by atoms with Crippen molar-refractivity contribution in [1.82, 2.24) is 0 Å². The first-order chi connectivity index (χ1) is 14.1. The summed E-state index contributed by atoms with van der Waals surface area (Å²) < 4.78 is 6.21. The predicted molar refractivity (Wildman–Crippen MR) is 123 cm³/mol. The minimum Gasteiger partial charge on any atom is -0.487 e. The largest absolute Gasteiger partial charge is 0.487 e. The summed E-state index contributed by atoms with van der Waals surface area (Å²) in [6.07, 6.45) is 0. The Kier molecular flexibility index (Phi) is 5.94. The molecule has 1 N–H and O–H groups in total. The molecule has 0 aromatic heterocycles. The lowest BCUT2D eigenvalue weighted by Crippen LogP contribution is -2.05. The molecule has 0 bridgehead atoms. The molecule has 0 saturated heterocycles. The molecule has 4 rings (SSSR count). The van der Waals surface area contributed by atoms with Gasteiger partial charge in [0, 0.05) is 22.8 Å². The van der Waals surface area contributed by atoms with Crippen LogP contribution in [0.5, 0.6) is 5.75 Å². The molecule has 4 aromatic rings. The fourth-order valence-corrected chi connectivity index (χ4v) is 4.03. The molecule has 0 aliphatic rings. The van der Waals surface area contributed by atoms with E-state index in [0.29, 0.717) is 28.9 Å². The normalized spacial score (nSPS) is 10.9. The van der Waals surface area contributed by atoms with Crippen LogP contribution in [0.15, 0.2) is 78.9 Å². The number of anilines is 1. The highest BCUT2D eigenvalue weighted by molar-refractivity contribution is 6.35. The zero-order valence-electron chi connectivity index (χ0n) is 16.1. The fraction of sp³-hybridized carbons (Fsp3) is 0.120. The second kappa shape index (κ2) is 8.77. The van der Waals surface area contributed by atoms with E-state index in [1.165, 1.54) is 16.3 Å². The number of rotatable bonds is 6. The van der Waals surface area contributed by atoms with Crippen molar-refractivity contribution in [1.29, 1.82) is 0 Å². The smallest absolute Gasteiger partial charge is 0.143 e. The van der Waals surface area contributed by atoms with Crippen LogP contribution in [-0.4, -0.2) is 0 Å². The van der Waals surface area contributed by atoms with E-state index < -0.39 is 0 Å². The molecule has 0 atom stereocenters. The van der Waals surface area contributed by atoms with Gasteiger partial charge >= 0.3 is 0 Å². The summed E-state index contributed by atoms with van der Waals surface area (Å²) in [5.74, 6) is 0.657. The van der Waals surface area contributed by atoms with Gasteiger partial charge in [-0.3, -0.25) is 0 Å². The predicted octanol–water partition coefficient (Wildman–Crippen LogP) is 7.65. The molecule has 2 nitrogen and oxygen atoms in total. The van der Waals surface area contributed by atoms with Crippen LogP contribution < -0.4 is 10.1 Å². The van der Waals surface area contributed by atoms with E-state index >= 15 is 0 Å². The lowest BCUT2D eigenvalue weighted by atomic mass is 10.1. The van der Waals surface area contributed by atoms with Crippen molar-refractivity contribution in [3.05, 3.63) is 106 Å². The van der Waals surface area contributed by atoms with Gasteiger partial charge in [0.15, 0.2) is 0 Å². The zero-order valence-corrected chi connectivity index (χ0v) is 17.6. The third kappa shape index (κ3) is 4.50. The van der Waals surface area contributed by atoms with Crippen LogP contribution in [0.25, 0.3) is 10.8 Å². The number of aryl methyl sites for hydroxylation is 1. The van der Waals surface area contributed by atoms with Gasteiger partial charge in [0.2, 0.25) is 0 Å². The number of halogens is 2. The molecule has 4 heteroatoms. The van der Waals surface area contributed by atoms with Crippen molar-refractivity contribution in [2.24, 2.45) is 0 Å². The van der Waals surface area contributed by atoms with Crippen molar-refractivity contribution in [3.8, 4) is 5.75 Å². The van der Waals surface area contributed by atoms with Gasteiger partial charge in [0.05, 0.1) is 5.02 Å². The Morgan fingerprint density at radius 3 is 2.45 bits per heavy atom. The minimum absolute atomic E-state index is 0.431. The Labute approximate surface area is 181 Å². The molecule has 4 aromatic carbocycles. The summed E-state index contributed by atoms with van der Waals surface area (Å²) in [7, 11) is 0. The van der Waals surface area contributed by atoms with Crippen molar-refractivity contribution < 1.29 is 4.74 Å². The highest BCUT2D eigenvalue weighted by atomic mass is 35.5. The molecule has 0 spiro atoms. The molecular formula is C25H21Cl2NO. The summed E-state index contributed by atoms with van der Waals surface area (Å²) in [5, 5.41) is 6.93. The lowest BCUT2D eigenvalue weighted by Gasteiger charge is -2.16. The van der Waals surface area contributed by atoms with E-state index in [1.54, 1.807) is 6.07 Å². The maximum absolute atomic E-state index is 6.49. The first-order valence-corrected chi connectivity index (χ1v) is 10.2. The van der Waals surface area contributed by atoms with Crippen LogP contribution >= 0.6 is 23.2 Å². The number of para-hydroxylation sites is 1. The lowest BCUT2D eigenvalue weighted by molar-refractivity contribution is 0.305. The van der Waals surface area contributed by atoms with Gasteiger partial charge in [-0.1, -0.05) is 83.9 Å². The molecule has 0 radical (unpaired) electrons. The molecule has 0 aliphatic heterocycles. The maximum atomic E-state index is 6.49. The monoisotopic (exact) mass is 421 g/mol. The molecule has 29 heavy (non-hydrogen) atoms. The summed E-state index contributed by atoms with van der Waals surface area (Å²) in [6, 6.07) is 26.3. The standard InChI is InChI=1S/C25H21Cl2NO/c1-17-7-2-5-12-24(17)28-15-20-13-21(26)14-23(27)25(20)29-16-19-10-6-9-18-8-3-4-11-22(18)19/h2-14,28H,15-16H2,1H3. The first-order valence-electron chi connectivity index (χ1n) is 9.48. The number of ether oxygens (including phenoxy) is 1. The van der Waals surface area contributed by atoms with Crippen LogP contribution in [0.1, 0.15) is 16.7 Å². The van der Waals surface area contributed by atoms with Crippen molar-refractivity contribution in [2.45, 2.75) is 20.1 Å². The van der Waals surface area contributed by atoms with Gasteiger partial charge in [0.25, 0.3) is 0 Å². The summed E-state index contributed by atoms with van der Waals surface area (Å²) in [4.78, 5) is 0. The highest BCUT2D eigenvalue weighted by Gasteiger charge is 2.12. The first kappa shape index (κ1) is 19.6. The van der Waals surface area contributed by atoms with Gasteiger partial charge in [-0.15, -0.1) is 0 Å². The average Bonchev–Trinajstić information content (AvgIpc) is 2.72. The third-order valence-corrected chi connectivity index (χ3v) is 5.45. The van der Waals surface area contributed by atoms with Gasteiger partial charge in [-0.05, 0) is 47.0 Å². The molecule has 0 heterocycles. The zero-order chi connectivity index (χ0) is 20.2. The summed E-state index contributed by atoms with van der Waals surface area (Å²) in [6.45, 7) is 3.07. The fourth-order valence-electron chi connectivity index (χ4n) is 3.44. The Bertz CT molecular complexity index is 1150. The number of nitrogens with one attached hydrogen (secondary N) is 1. The third-order valence-electron chi connectivity index (χ3n) is 4.95. The van der Waals surface area contributed by atoms with Crippen LogP contribution in [0.2, 0.25) is 10.0 Å². The van der Waals surface area contributed by atoms with E-state index in [0.717, 1.165) is 16.8 Å². The van der Waals surface area contributed by atoms with E-state index in [-0.39, 0.29) is 0 Å². The van der Waals surface area contributed by atoms with Gasteiger partial charge in [-0.2, -0.15) is 0 Å². The van der Waals surface area contributed by atoms with Crippen LogP contribution in [0.3, 0.4) is 0 Å². The average molecular weight is 422 g/mol. The Balaban J connectivity index is 1.59. The molecule has 0 fully saturated rings. The number of benzene rings is 4. The molecular weight excluding hydrogens is 401 g/mol. The number of fused-ring (bicyclic) bond motifs is 1.